The van der Waals surface area contributed by atoms with Crippen LogP contribution in [0.3, 0.4) is 0 Å². The van der Waals surface area contributed by atoms with Crippen LogP contribution in [0.1, 0.15) is 50.6 Å². The lowest BCUT2D eigenvalue weighted by atomic mass is 9.96. The molecule has 3 rings (SSSR count). The van der Waals surface area contributed by atoms with Crippen LogP contribution >= 0.6 is 15.9 Å². The molecular formula is C17H24BrN. The Balaban J connectivity index is 1.58. The number of rotatable bonds is 7. The number of hydrogen-bond donors (Lipinski definition) is 1. The van der Waals surface area contributed by atoms with Crippen molar-refractivity contribution in [3.05, 3.63) is 34.3 Å². The minimum atomic E-state index is 0.521. The van der Waals surface area contributed by atoms with Crippen molar-refractivity contribution >= 4 is 15.9 Å². The van der Waals surface area contributed by atoms with Gasteiger partial charge in [0.15, 0.2) is 0 Å². The Morgan fingerprint density at radius 1 is 1.11 bits per heavy atom. The summed E-state index contributed by atoms with van der Waals surface area (Å²) in [6, 6.07) is 9.31. The maximum atomic E-state index is 3.83. The second kappa shape index (κ2) is 5.97. The summed E-state index contributed by atoms with van der Waals surface area (Å²) in [7, 11) is 0. The summed E-state index contributed by atoms with van der Waals surface area (Å²) in [5, 5.41) is 3.83. The van der Waals surface area contributed by atoms with Crippen molar-refractivity contribution in [1.29, 1.82) is 0 Å². The molecule has 1 aromatic carbocycles. The van der Waals surface area contributed by atoms with Gasteiger partial charge in [0.05, 0.1) is 0 Å². The highest BCUT2D eigenvalue weighted by Crippen LogP contribution is 2.49. The molecule has 1 aromatic rings. The molecule has 0 bridgehead atoms. The van der Waals surface area contributed by atoms with E-state index in [9.17, 15) is 0 Å². The van der Waals surface area contributed by atoms with E-state index in [1.165, 1.54) is 48.7 Å². The first kappa shape index (κ1) is 13.6. The number of hydrogen-bond acceptors (Lipinski definition) is 1. The summed E-state index contributed by atoms with van der Waals surface area (Å²) in [5.41, 5.74) is 1.43. The maximum absolute atomic E-state index is 3.83. The van der Waals surface area contributed by atoms with E-state index in [0.717, 1.165) is 17.8 Å². The van der Waals surface area contributed by atoms with Gasteiger partial charge in [-0.25, -0.2) is 0 Å². The van der Waals surface area contributed by atoms with Gasteiger partial charge in [0.25, 0.3) is 0 Å². The molecule has 0 radical (unpaired) electrons. The Hall–Kier alpha value is -0.340. The standard InChI is InChI=1S/C17H24BrN/c1-2-17(14-7-9-15(18)10-8-14)19-11-16(12-3-4-12)13-5-6-13/h7-10,12-13,16-17,19H,2-6,11H2,1H3. The van der Waals surface area contributed by atoms with Crippen molar-refractivity contribution in [3.8, 4) is 0 Å². The van der Waals surface area contributed by atoms with E-state index in [2.05, 4.69) is 52.4 Å². The number of benzene rings is 1. The highest BCUT2D eigenvalue weighted by Gasteiger charge is 2.41. The molecule has 2 aliphatic carbocycles. The molecule has 1 nitrogen and oxygen atoms in total. The summed E-state index contributed by atoms with van der Waals surface area (Å²) in [6.45, 7) is 3.51. The van der Waals surface area contributed by atoms with Crippen LogP contribution in [-0.2, 0) is 0 Å². The van der Waals surface area contributed by atoms with Gasteiger partial charge in [-0.05, 0) is 74.1 Å². The molecule has 0 aliphatic heterocycles. The zero-order valence-corrected chi connectivity index (χ0v) is 13.3. The molecule has 0 heterocycles. The summed E-state index contributed by atoms with van der Waals surface area (Å²) < 4.78 is 1.17. The molecule has 2 saturated carbocycles. The van der Waals surface area contributed by atoms with E-state index in [-0.39, 0.29) is 0 Å². The fourth-order valence-corrected chi connectivity index (χ4v) is 3.50. The largest absolute Gasteiger partial charge is 0.310 e. The average Bonchev–Trinajstić information content (AvgIpc) is 3.28. The van der Waals surface area contributed by atoms with Gasteiger partial charge in [-0.3, -0.25) is 0 Å². The van der Waals surface area contributed by atoms with Crippen LogP contribution in [0.15, 0.2) is 28.7 Å². The predicted octanol–water partition coefficient (Wildman–Crippen LogP) is 4.93. The molecule has 1 atom stereocenters. The van der Waals surface area contributed by atoms with Crippen LogP contribution in [0.25, 0.3) is 0 Å². The minimum absolute atomic E-state index is 0.521. The lowest BCUT2D eigenvalue weighted by Crippen LogP contribution is -2.29. The van der Waals surface area contributed by atoms with Gasteiger partial charge in [0.2, 0.25) is 0 Å². The Bertz CT molecular complexity index is 394. The van der Waals surface area contributed by atoms with Crippen molar-refractivity contribution in [2.45, 2.75) is 45.1 Å². The fraction of sp³-hybridized carbons (Fsp3) is 0.647. The van der Waals surface area contributed by atoms with Crippen LogP contribution in [0.2, 0.25) is 0 Å². The zero-order chi connectivity index (χ0) is 13.2. The quantitative estimate of drug-likeness (QED) is 0.751. The molecule has 0 amide bonds. The van der Waals surface area contributed by atoms with Crippen LogP contribution in [0.4, 0.5) is 0 Å². The van der Waals surface area contributed by atoms with E-state index in [1.54, 1.807) is 0 Å². The normalized spacial score (nSPS) is 20.8. The molecule has 2 fully saturated rings. The van der Waals surface area contributed by atoms with Crippen molar-refractivity contribution in [1.82, 2.24) is 5.32 Å². The van der Waals surface area contributed by atoms with E-state index in [1.807, 2.05) is 0 Å². The first-order valence-electron chi connectivity index (χ1n) is 7.76. The predicted molar refractivity (Wildman–Crippen MR) is 84.1 cm³/mol. The molecule has 0 aromatic heterocycles. The molecule has 0 spiro atoms. The summed E-state index contributed by atoms with van der Waals surface area (Å²) in [6.07, 6.45) is 7.11. The molecule has 1 N–H and O–H groups in total. The van der Waals surface area contributed by atoms with Gasteiger partial charge in [-0.15, -0.1) is 0 Å². The Morgan fingerprint density at radius 3 is 2.16 bits per heavy atom. The third-order valence-electron chi connectivity index (χ3n) is 4.74. The summed E-state index contributed by atoms with van der Waals surface area (Å²) >= 11 is 3.51. The monoisotopic (exact) mass is 321 g/mol. The smallest absolute Gasteiger partial charge is 0.0317 e. The molecule has 0 saturated heterocycles. The first-order chi connectivity index (χ1) is 9.28. The number of nitrogens with one attached hydrogen (secondary N) is 1. The van der Waals surface area contributed by atoms with Crippen LogP contribution in [0.5, 0.6) is 0 Å². The first-order valence-corrected chi connectivity index (χ1v) is 8.56. The van der Waals surface area contributed by atoms with Gasteiger partial charge >= 0.3 is 0 Å². The topological polar surface area (TPSA) is 12.0 Å². The molecule has 104 valence electrons. The van der Waals surface area contributed by atoms with E-state index >= 15 is 0 Å². The Labute approximate surface area is 125 Å². The van der Waals surface area contributed by atoms with Gasteiger partial charge in [-0.2, -0.15) is 0 Å². The average molecular weight is 322 g/mol. The molecule has 2 aliphatic rings. The molecule has 19 heavy (non-hydrogen) atoms. The highest BCUT2D eigenvalue weighted by molar-refractivity contribution is 9.10. The molecule has 1 unspecified atom stereocenters. The van der Waals surface area contributed by atoms with Crippen molar-refractivity contribution < 1.29 is 0 Å². The second-order valence-corrected chi connectivity index (χ2v) is 7.18. The van der Waals surface area contributed by atoms with Crippen LogP contribution in [-0.4, -0.2) is 6.54 Å². The summed E-state index contributed by atoms with van der Waals surface area (Å²) in [4.78, 5) is 0. The zero-order valence-electron chi connectivity index (χ0n) is 11.7. The maximum Gasteiger partial charge on any atom is 0.0317 e. The molecule has 2 heteroatoms. The lowest BCUT2D eigenvalue weighted by molar-refractivity contribution is 0.353. The van der Waals surface area contributed by atoms with Gasteiger partial charge in [0.1, 0.15) is 0 Å². The van der Waals surface area contributed by atoms with E-state index < -0.39 is 0 Å². The van der Waals surface area contributed by atoms with Crippen LogP contribution in [0, 0.1) is 17.8 Å². The van der Waals surface area contributed by atoms with E-state index in [4.69, 9.17) is 0 Å². The van der Waals surface area contributed by atoms with Crippen molar-refractivity contribution in [2.24, 2.45) is 17.8 Å². The third-order valence-corrected chi connectivity index (χ3v) is 5.26. The second-order valence-electron chi connectivity index (χ2n) is 6.26. The van der Waals surface area contributed by atoms with Gasteiger partial charge < -0.3 is 5.32 Å². The lowest BCUT2D eigenvalue weighted by Gasteiger charge is -2.22. The van der Waals surface area contributed by atoms with Crippen molar-refractivity contribution in [2.75, 3.05) is 6.54 Å². The Morgan fingerprint density at radius 2 is 1.68 bits per heavy atom. The van der Waals surface area contributed by atoms with E-state index in [0.29, 0.717) is 6.04 Å². The third kappa shape index (κ3) is 3.61. The fourth-order valence-electron chi connectivity index (χ4n) is 3.24. The Kier molecular flexibility index (Phi) is 4.28. The van der Waals surface area contributed by atoms with Crippen molar-refractivity contribution in [3.63, 3.8) is 0 Å². The highest BCUT2D eigenvalue weighted by atomic mass is 79.9. The SMILES string of the molecule is CCC(NCC(C1CC1)C1CC1)c1ccc(Br)cc1. The summed E-state index contributed by atoms with van der Waals surface area (Å²) in [5.74, 6) is 3.05. The van der Waals surface area contributed by atoms with Gasteiger partial charge in [0, 0.05) is 10.5 Å². The van der Waals surface area contributed by atoms with Crippen LogP contribution < -0.4 is 5.32 Å². The molecular weight excluding hydrogens is 298 g/mol. The number of halogens is 1. The van der Waals surface area contributed by atoms with Gasteiger partial charge in [-0.1, -0.05) is 35.0 Å². The minimum Gasteiger partial charge on any atom is -0.310 e.